The van der Waals surface area contributed by atoms with E-state index in [1.807, 2.05) is 27.7 Å². The van der Waals surface area contributed by atoms with Crippen LogP contribution in [0.1, 0.15) is 68.2 Å². The third kappa shape index (κ3) is 10.4. The number of carbonyl (C=O) groups is 3. The summed E-state index contributed by atoms with van der Waals surface area (Å²) in [5.74, 6) is -1.97. The van der Waals surface area contributed by atoms with E-state index in [1.54, 1.807) is 27.7 Å². The lowest BCUT2D eigenvalue weighted by atomic mass is 9.90. The van der Waals surface area contributed by atoms with Crippen LogP contribution in [-0.4, -0.2) is 44.5 Å². The summed E-state index contributed by atoms with van der Waals surface area (Å²) in [6, 6.07) is 0. The first-order valence-electron chi connectivity index (χ1n) is 8.71. The van der Waals surface area contributed by atoms with E-state index in [1.165, 1.54) is 14.2 Å². The zero-order valence-corrected chi connectivity index (χ0v) is 18.0. The number of hydrogen-bond acceptors (Lipinski definition) is 7. The molecule has 0 saturated heterocycles. The molecule has 154 valence electrons. The fraction of sp³-hybridized carbons (Fsp3) is 0.842. The maximum absolute atomic E-state index is 11.6. The van der Waals surface area contributed by atoms with Crippen LogP contribution in [-0.2, 0) is 33.3 Å². The molecule has 0 aromatic rings. The van der Waals surface area contributed by atoms with E-state index in [0.717, 1.165) is 6.42 Å². The van der Waals surface area contributed by atoms with E-state index in [2.05, 4.69) is 4.74 Å². The molecule has 26 heavy (non-hydrogen) atoms. The van der Waals surface area contributed by atoms with E-state index in [9.17, 15) is 14.4 Å². The minimum absolute atomic E-state index is 0.221. The van der Waals surface area contributed by atoms with Gasteiger partial charge in [0.15, 0.2) is 6.61 Å². The maximum Gasteiger partial charge on any atom is 0.344 e. The average Bonchev–Trinajstić information content (AvgIpc) is 2.59. The highest BCUT2D eigenvalue weighted by Crippen LogP contribution is 2.25. The highest BCUT2D eigenvalue weighted by atomic mass is 16.7. The van der Waals surface area contributed by atoms with Crippen molar-refractivity contribution < 1.29 is 33.3 Å². The minimum atomic E-state index is -0.830. The summed E-state index contributed by atoms with van der Waals surface area (Å²) in [5.41, 5.74) is -0.968. The normalized spacial score (nSPS) is 11.8. The predicted molar refractivity (Wildman–Crippen MR) is 98.3 cm³/mol. The van der Waals surface area contributed by atoms with E-state index in [-0.39, 0.29) is 18.5 Å². The molecule has 0 atom stereocenters. The summed E-state index contributed by atoms with van der Waals surface area (Å²) in [5, 5.41) is 0. The van der Waals surface area contributed by atoms with Gasteiger partial charge in [-0.15, -0.1) is 0 Å². The molecule has 0 rings (SSSR count). The third-order valence-electron chi connectivity index (χ3n) is 4.25. The van der Waals surface area contributed by atoms with Crippen molar-refractivity contribution in [3.8, 4) is 0 Å². The zero-order chi connectivity index (χ0) is 21.2. The van der Waals surface area contributed by atoms with Crippen LogP contribution in [0.2, 0.25) is 0 Å². The first-order valence-corrected chi connectivity index (χ1v) is 8.71. The van der Waals surface area contributed by atoms with Gasteiger partial charge in [-0.1, -0.05) is 13.8 Å². The van der Waals surface area contributed by atoms with Gasteiger partial charge in [-0.25, -0.2) is 4.79 Å². The largest absolute Gasteiger partial charge is 0.466 e. The van der Waals surface area contributed by atoms with Crippen molar-refractivity contribution in [2.75, 3.05) is 20.8 Å². The van der Waals surface area contributed by atoms with Crippen molar-refractivity contribution in [2.24, 2.45) is 10.8 Å². The molecule has 0 heterocycles. The fourth-order valence-electron chi connectivity index (χ4n) is 1.07. The summed E-state index contributed by atoms with van der Waals surface area (Å²) >= 11 is 0. The number of ether oxygens (including phenoxy) is 4. The summed E-state index contributed by atoms with van der Waals surface area (Å²) < 4.78 is 19.3. The third-order valence-corrected chi connectivity index (χ3v) is 4.25. The van der Waals surface area contributed by atoms with Crippen molar-refractivity contribution in [1.29, 1.82) is 0 Å². The molecule has 0 aliphatic rings. The Balaban J connectivity index is 0. The molecular formula is C19H36O7. The topological polar surface area (TPSA) is 88.1 Å². The van der Waals surface area contributed by atoms with Crippen LogP contribution in [0.3, 0.4) is 0 Å². The summed E-state index contributed by atoms with van der Waals surface area (Å²) in [6.45, 7) is 14.2. The van der Waals surface area contributed by atoms with Crippen LogP contribution in [0.15, 0.2) is 0 Å². The van der Waals surface area contributed by atoms with Gasteiger partial charge in [-0.05, 0) is 40.5 Å². The van der Waals surface area contributed by atoms with E-state index in [0.29, 0.717) is 6.42 Å². The quantitative estimate of drug-likeness (QED) is 0.364. The summed E-state index contributed by atoms with van der Waals surface area (Å²) in [6.07, 6.45) is 1.43. The van der Waals surface area contributed by atoms with Gasteiger partial charge in [0.05, 0.1) is 17.9 Å². The Morgan fingerprint density at radius 2 is 1.19 bits per heavy atom. The van der Waals surface area contributed by atoms with E-state index >= 15 is 0 Å². The first-order chi connectivity index (χ1) is 11.7. The van der Waals surface area contributed by atoms with Gasteiger partial charge in [-0.3, -0.25) is 9.59 Å². The Hall–Kier alpha value is -1.63. The minimum Gasteiger partial charge on any atom is -0.466 e. The van der Waals surface area contributed by atoms with Gasteiger partial charge < -0.3 is 18.9 Å². The van der Waals surface area contributed by atoms with Crippen molar-refractivity contribution >= 4 is 17.9 Å². The van der Waals surface area contributed by atoms with Gasteiger partial charge in [0.2, 0.25) is 5.79 Å². The lowest BCUT2D eigenvalue weighted by Gasteiger charge is -2.28. The molecule has 0 radical (unpaired) electrons. The highest BCUT2D eigenvalue weighted by Gasteiger charge is 2.32. The van der Waals surface area contributed by atoms with Gasteiger partial charge in [0, 0.05) is 21.0 Å². The van der Waals surface area contributed by atoms with E-state index in [4.69, 9.17) is 14.2 Å². The number of methoxy groups -OCH3 is 2. The van der Waals surface area contributed by atoms with Crippen molar-refractivity contribution in [3.05, 3.63) is 0 Å². The fourth-order valence-corrected chi connectivity index (χ4v) is 1.07. The second-order valence-corrected chi connectivity index (χ2v) is 7.62. The van der Waals surface area contributed by atoms with Crippen LogP contribution in [0, 0.1) is 10.8 Å². The lowest BCUT2D eigenvalue weighted by molar-refractivity contribution is -0.214. The molecule has 0 aliphatic carbocycles. The molecule has 7 nitrogen and oxygen atoms in total. The van der Waals surface area contributed by atoms with Crippen LogP contribution >= 0.6 is 0 Å². The predicted octanol–water partition coefficient (Wildman–Crippen LogP) is 3.49. The number of hydrogen-bond donors (Lipinski definition) is 0. The molecule has 0 unspecified atom stereocenters. The SMILES string of the molecule is CCC(C)(C)C(=O)OC(C)(C)OC.CCC(C)(C)C(=O)OCC(=O)OC. The second kappa shape index (κ2) is 11.2. The standard InChI is InChI=1S/C10H20O3.C9H16O4/c1-7-9(2,3)8(11)13-10(4,5)12-6;1-5-9(2,3)8(11)13-6-7(10)12-4/h7H2,1-6H3;5-6H2,1-4H3. The Bertz CT molecular complexity index is 465. The molecule has 0 N–H and O–H groups in total. The molecule has 0 aliphatic heterocycles. The van der Waals surface area contributed by atoms with Crippen molar-refractivity contribution in [2.45, 2.75) is 74.0 Å². The van der Waals surface area contributed by atoms with Gasteiger partial charge in [0.1, 0.15) is 0 Å². The Labute approximate surface area is 157 Å². The van der Waals surface area contributed by atoms with Crippen LogP contribution < -0.4 is 0 Å². The number of esters is 3. The number of rotatable bonds is 8. The van der Waals surface area contributed by atoms with E-state index < -0.39 is 22.6 Å². The molecule has 0 amide bonds. The monoisotopic (exact) mass is 376 g/mol. The Morgan fingerprint density at radius 1 is 0.769 bits per heavy atom. The second-order valence-electron chi connectivity index (χ2n) is 7.62. The summed E-state index contributed by atoms with van der Waals surface area (Å²) in [4.78, 5) is 33.5. The first kappa shape index (κ1) is 26.6. The molecule has 0 aromatic carbocycles. The number of carbonyl (C=O) groups excluding carboxylic acids is 3. The average molecular weight is 376 g/mol. The van der Waals surface area contributed by atoms with Crippen LogP contribution in [0.25, 0.3) is 0 Å². The van der Waals surface area contributed by atoms with Crippen molar-refractivity contribution in [3.63, 3.8) is 0 Å². The van der Waals surface area contributed by atoms with Crippen LogP contribution in [0.4, 0.5) is 0 Å². The lowest BCUT2D eigenvalue weighted by Crippen LogP contribution is -2.36. The van der Waals surface area contributed by atoms with Crippen molar-refractivity contribution in [1.82, 2.24) is 0 Å². The molecule has 7 heteroatoms. The molecule has 0 bridgehead atoms. The van der Waals surface area contributed by atoms with Gasteiger partial charge in [-0.2, -0.15) is 0 Å². The maximum atomic E-state index is 11.6. The zero-order valence-electron chi connectivity index (χ0n) is 18.0. The van der Waals surface area contributed by atoms with Gasteiger partial charge in [0.25, 0.3) is 0 Å². The van der Waals surface area contributed by atoms with Crippen LogP contribution in [0.5, 0.6) is 0 Å². The molecular weight excluding hydrogens is 340 g/mol. The molecule has 0 aromatic heterocycles. The highest BCUT2D eigenvalue weighted by molar-refractivity contribution is 5.79. The molecule has 0 spiro atoms. The smallest absolute Gasteiger partial charge is 0.344 e. The molecule has 0 fully saturated rings. The molecule has 0 saturated carbocycles. The Kier molecular flexibility index (Phi) is 11.4. The Morgan fingerprint density at radius 3 is 1.54 bits per heavy atom. The summed E-state index contributed by atoms with van der Waals surface area (Å²) in [7, 11) is 2.77. The van der Waals surface area contributed by atoms with Gasteiger partial charge >= 0.3 is 17.9 Å².